The summed E-state index contributed by atoms with van der Waals surface area (Å²) < 4.78 is 5.13. The molecule has 0 saturated heterocycles. The van der Waals surface area contributed by atoms with Crippen molar-refractivity contribution in [3.05, 3.63) is 28.8 Å². The van der Waals surface area contributed by atoms with Gasteiger partial charge in [0.15, 0.2) is 0 Å². The fourth-order valence-electron chi connectivity index (χ4n) is 1.60. The molecule has 0 aliphatic rings. The van der Waals surface area contributed by atoms with Crippen LogP contribution >= 0.6 is 11.6 Å². The Morgan fingerprint density at radius 2 is 2.18 bits per heavy atom. The Balaban J connectivity index is 2.50. The van der Waals surface area contributed by atoms with Gasteiger partial charge in [0.2, 0.25) is 0 Å². The molecule has 0 aliphatic heterocycles. The number of nitrogens with zero attached hydrogens (tertiary/aromatic N) is 1. The third-order valence-electron chi connectivity index (χ3n) is 2.62. The number of hydrogen-bond donors (Lipinski definition) is 1. The van der Waals surface area contributed by atoms with Crippen LogP contribution in [0.3, 0.4) is 0 Å². The van der Waals surface area contributed by atoms with Gasteiger partial charge < -0.3 is 15.0 Å². The van der Waals surface area contributed by atoms with E-state index in [9.17, 15) is 0 Å². The second-order valence-electron chi connectivity index (χ2n) is 4.05. The first kappa shape index (κ1) is 14.3. The van der Waals surface area contributed by atoms with Gasteiger partial charge in [-0.15, -0.1) is 0 Å². The van der Waals surface area contributed by atoms with E-state index in [-0.39, 0.29) is 0 Å². The summed E-state index contributed by atoms with van der Waals surface area (Å²) in [6, 6.07) is 5.82. The van der Waals surface area contributed by atoms with E-state index in [1.807, 2.05) is 18.2 Å². The monoisotopic (exact) mass is 256 g/mol. The molecule has 0 aliphatic carbocycles. The molecule has 1 rings (SSSR count). The molecule has 0 saturated carbocycles. The molecule has 0 bridgehead atoms. The maximum Gasteiger partial charge on any atom is 0.120 e. The van der Waals surface area contributed by atoms with E-state index in [4.69, 9.17) is 16.3 Å². The van der Waals surface area contributed by atoms with E-state index >= 15 is 0 Å². The number of halogens is 1. The Kier molecular flexibility index (Phi) is 6.34. The van der Waals surface area contributed by atoms with Crippen LogP contribution in [0.4, 0.5) is 0 Å². The molecule has 4 heteroatoms. The molecule has 1 aromatic carbocycles. The standard InChI is InChI=1S/C13H21ClN2O/c1-4-15-7-8-16(2)10-11-5-6-12(17-3)9-13(11)14/h5-6,9,15H,4,7-8,10H2,1-3H3. The van der Waals surface area contributed by atoms with Gasteiger partial charge in [-0.25, -0.2) is 0 Å². The normalized spacial score (nSPS) is 10.9. The van der Waals surface area contributed by atoms with E-state index in [2.05, 4.69) is 24.2 Å². The average molecular weight is 257 g/mol. The zero-order valence-corrected chi connectivity index (χ0v) is 11.5. The minimum Gasteiger partial charge on any atom is -0.497 e. The van der Waals surface area contributed by atoms with Gasteiger partial charge in [0.25, 0.3) is 0 Å². The second kappa shape index (κ2) is 7.54. The van der Waals surface area contributed by atoms with E-state index < -0.39 is 0 Å². The molecule has 0 unspecified atom stereocenters. The molecule has 96 valence electrons. The van der Waals surface area contributed by atoms with Crippen LogP contribution in [-0.4, -0.2) is 38.7 Å². The molecule has 0 spiro atoms. The van der Waals surface area contributed by atoms with Gasteiger partial charge in [0.1, 0.15) is 5.75 Å². The van der Waals surface area contributed by atoms with Gasteiger partial charge in [-0.05, 0) is 31.3 Å². The van der Waals surface area contributed by atoms with Gasteiger partial charge >= 0.3 is 0 Å². The number of methoxy groups -OCH3 is 1. The predicted molar refractivity (Wildman–Crippen MR) is 72.9 cm³/mol. The highest BCUT2D eigenvalue weighted by Gasteiger charge is 2.05. The Bertz CT molecular complexity index is 344. The maximum absolute atomic E-state index is 6.19. The van der Waals surface area contributed by atoms with Crippen LogP contribution in [0.2, 0.25) is 5.02 Å². The van der Waals surface area contributed by atoms with E-state index in [1.54, 1.807) is 7.11 Å². The third-order valence-corrected chi connectivity index (χ3v) is 2.97. The number of rotatable bonds is 7. The number of likely N-dealkylation sites (N-methyl/N-ethyl adjacent to an activating group) is 2. The van der Waals surface area contributed by atoms with E-state index in [1.165, 1.54) is 0 Å². The van der Waals surface area contributed by atoms with Crippen LogP contribution in [0.5, 0.6) is 5.75 Å². The summed E-state index contributed by atoms with van der Waals surface area (Å²) in [5.41, 5.74) is 1.13. The lowest BCUT2D eigenvalue weighted by molar-refractivity contribution is 0.325. The first-order valence-corrected chi connectivity index (χ1v) is 6.26. The molecular formula is C13H21ClN2O. The van der Waals surface area contributed by atoms with Crippen LogP contribution < -0.4 is 10.1 Å². The van der Waals surface area contributed by atoms with Crippen molar-refractivity contribution < 1.29 is 4.74 Å². The average Bonchev–Trinajstić information content (AvgIpc) is 2.32. The quantitative estimate of drug-likeness (QED) is 0.759. The molecule has 3 nitrogen and oxygen atoms in total. The Morgan fingerprint density at radius 3 is 2.76 bits per heavy atom. The highest BCUT2D eigenvalue weighted by atomic mass is 35.5. The van der Waals surface area contributed by atoms with Crippen molar-refractivity contribution in [2.75, 3.05) is 33.8 Å². The largest absolute Gasteiger partial charge is 0.497 e. The first-order valence-electron chi connectivity index (χ1n) is 5.89. The summed E-state index contributed by atoms with van der Waals surface area (Å²) >= 11 is 6.19. The smallest absolute Gasteiger partial charge is 0.120 e. The molecular weight excluding hydrogens is 236 g/mol. The fraction of sp³-hybridized carbons (Fsp3) is 0.538. The Hall–Kier alpha value is -0.770. The minimum atomic E-state index is 0.764. The van der Waals surface area contributed by atoms with Gasteiger partial charge in [-0.2, -0.15) is 0 Å². The summed E-state index contributed by atoms with van der Waals surface area (Å²) in [7, 11) is 3.74. The van der Waals surface area contributed by atoms with Crippen LogP contribution in [-0.2, 0) is 6.54 Å². The molecule has 0 fully saturated rings. The summed E-state index contributed by atoms with van der Waals surface area (Å²) in [6.07, 6.45) is 0. The van der Waals surface area contributed by atoms with Crippen LogP contribution in [0, 0.1) is 0 Å². The lowest BCUT2D eigenvalue weighted by Gasteiger charge is -2.17. The van der Waals surface area contributed by atoms with Gasteiger partial charge in [0.05, 0.1) is 7.11 Å². The molecule has 1 aromatic rings. The molecule has 0 heterocycles. The maximum atomic E-state index is 6.19. The van der Waals surface area contributed by atoms with Crippen molar-refractivity contribution in [3.8, 4) is 5.75 Å². The SMILES string of the molecule is CCNCCN(C)Cc1ccc(OC)cc1Cl. The molecule has 0 amide bonds. The zero-order chi connectivity index (χ0) is 12.7. The zero-order valence-electron chi connectivity index (χ0n) is 10.8. The summed E-state index contributed by atoms with van der Waals surface area (Å²) in [5.74, 6) is 0.800. The van der Waals surface area contributed by atoms with Crippen molar-refractivity contribution >= 4 is 11.6 Å². The number of hydrogen-bond acceptors (Lipinski definition) is 3. The Morgan fingerprint density at radius 1 is 1.41 bits per heavy atom. The fourth-order valence-corrected chi connectivity index (χ4v) is 1.83. The minimum absolute atomic E-state index is 0.764. The van der Waals surface area contributed by atoms with Crippen molar-refractivity contribution in [2.45, 2.75) is 13.5 Å². The molecule has 17 heavy (non-hydrogen) atoms. The van der Waals surface area contributed by atoms with Crippen LogP contribution in [0.15, 0.2) is 18.2 Å². The molecule has 0 radical (unpaired) electrons. The summed E-state index contributed by atoms with van der Waals surface area (Å²) in [4.78, 5) is 2.25. The second-order valence-corrected chi connectivity index (χ2v) is 4.46. The molecule has 1 N–H and O–H groups in total. The van der Waals surface area contributed by atoms with E-state index in [0.717, 1.165) is 42.5 Å². The van der Waals surface area contributed by atoms with Crippen molar-refractivity contribution in [3.63, 3.8) is 0 Å². The predicted octanol–water partition coefficient (Wildman–Crippen LogP) is 2.39. The van der Waals surface area contributed by atoms with Crippen LogP contribution in [0.1, 0.15) is 12.5 Å². The molecule has 0 atom stereocenters. The molecule has 0 aromatic heterocycles. The third kappa shape index (κ3) is 4.94. The number of ether oxygens (including phenoxy) is 1. The van der Waals surface area contributed by atoms with Crippen LogP contribution in [0.25, 0.3) is 0 Å². The highest BCUT2D eigenvalue weighted by Crippen LogP contribution is 2.23. The summed E-state index contributed by atoms with van der Waals surface area (Å²) in [5, 5.41) is 4.07. The number of nitrogens with one attached hydrogen (secondary N) is 1. The van der Waals surface area contributed by atoms with E-state index in [0.29, 0.717) is 0 Å². The first-order chi connectivity index (χ1) is 8.17. The highest BCUT2D eigenvalue weighted by molar-refractivity contribution is 6.31. The van der Waals surface area contributed by atoms with Gasteiger partial charge in [-0.1, -0.05) is 24.6 Å². The van der Waals surface area contributed by atoms with Gasteiger partial charge in [0, 0.05) is 24.7 Å². The lowest BCUT2D eigenvalue weighted by atomic mass is 10.2. The van der Waals surface area contributed by atoms with Crippen molar-refractivity contribution in [1.82, 2.24) is 10.2 Å². The lowest BCUT2D eigenvalue weighted by Crippen LogP contribution is -2.28. The van der Waals surface area contributed by atoms with Crippen molar-refractivity contribution in [1.29, 1.82) is 0 Å². The van der Waals surface area contributed by atoms with Gasteiger partial charge in [-0.3, -0.25) is 0 Å². The number of benzene rings is 1. The van der Waals surface area contributed by atoms with Crippen molar-refractivity contribution in [2.24, 2.45) is 0 Å². The topological polar surface area (TPSA) is 24.5 Å². The summed E-state index contributed by atoms with van der Waals surface area (Å²) in [6.45, 7) is 5.99. The Labute approximate surface area is 109 Å².